The van der Waals surface area contributed by atoms with Crippen LogP contribution < -0.4 is 10.6 Å². The van der Waals surface area contributed by atoms with E-state index in [0.29, 0.717) is 12.2 Å². The fourth-order valence-electron chi connectivity index (χ4n) is 1.82. The Hall–Kier alpha value is -2.36. The first-order chi connectivity index (χ1) is 9.63. The minimum atomic E-state index is -0.373. The van der Waals surface area contributed by atoms with Gasteiger partial charge < -0.3 is 10.6 Å². The number of halogens is 1. The lowest BCUT2D eigenvalue weighted by Crippen LogP contribution is -2.30. The van der Waals surface area contributed by atoms with Gasteiger partial charge in [-0.1, -0.05) is 35.9 Å². The molecule has 0 bridgehead atoms. The second kappa shape index (κ2) is 6.70. The molecule has 0 aromatic heterocycles. The van der Waals surface area contributed by atoms with Crippen molar-refractivity contribution < 1.29 is 9.18 Å². The lowest BCUT2D eigenvalue weighted by Gasteiger charge is -2.08. The summed E-state index contributed by atoms with van der Waals surface area (Å²) in [6, 6.07) is 13.6. The van der Waals surface area contributed by atoms with Crippen molar-refractivity contribution in [3.8, 4) is 0 Å². The number of hydrogen-bond donors (Lipinski definition) is 2. The van der Waals surface area contributed by atoms with Gasteiger partial charge in [-0.05, 0) is 37.1 Å². The molecule has 2 amide bonds. The predicted molar refractivity (Wildman–Crippen MR) is 78.3 cm³/mol. The van der Waals surface area contributed by atoms with Gasteiger partial charge in [0, 0.05) is 12.2 Å². The van der Waals surface area contributed by atoms with Crippen LogP contribution in [0.1, 0.15) is 11.1 Å². The molecule has 0 heterocycles. The van der Waals surface area contributed by atoms with Gasteiger partial charge in [0.25, 0.3) is 0 Å². The monoisotopic (exact) mass is 272 g/mol. The van der Waals surface area contributed by atoms with Crippen LogP contribution >= 0.6 is 0 Å². The van der Waals surface area contributed by atoms with Gasteiger partial charge in [0.05, 0.1) is 0 Å². The summed E-state index contributed by atoms with van der Waals surface area (Å²) in [6.45, 7) is 2.57. The Balaban J connectivity index is 1.76. The molecule has 0 spiro atoms. The minimum Gasteiger partial charge on any atom is -0.338 e. The van der Waals surface area contributed by atoms with Crippen molar-refractivity contribution in [1.29, 1.82) is 0 Å². The van der Waals surface area contributed by atoms with Gasteiger partial charge in [-0.3, -0.25) is 0 Å². The lowest BCUT2D eigenvalue weighted by molar-refractivity contribution is 0.252. The normalized spacial score (nSPS) is 10.1. The Kier molecular flexibility index (Phi) is 4.71. The highest BCUT2D eigenvalue weighted by molar-refractivity contribution is 5.89. The average Bonchev–Trinajstić information content (AvgIpc) is 2.41. The van der Waals surface area contributed by atoms with E-state index >= 15 is 0 Å². The van der Waals surface area contributed by atoms with Crippen molar-refractivity contribution >= 4 is 11.7 Å². The molecule has 0 saturated carbocycles. The van der Waals surface area contributed by atoms with E-state index in [4.69, 9.17) is 0 Å². The van der Waals surface area contributed by atoms with Crippen LogP contribution in [-0.2, 0) is 6.42 Å². The van der Waals surface area contributed by atoms with E-state index in [1.54, 1.807) is 12.1 Å². The second-order valence-electron chi connectivity index (χ2n) is 4.63. The maximum atomic E-state index is 13.0. The third kappa shape index (κ3) is 4.39. The van der Waals surface area contributed by atoms with E-state index in [2.05, 4.69) is 10.6 Å². The van der Waals surface area contributed by atoms with Crippen LogP contribution in [0.4, 0.5) is 14.9 Å². The molecule has 20 heavy (non-hydrogen) atoms. The molecule has 0 fully saturated rings. The molecule has 0 atom stereocenters. The summed E-state index contributed by atoms with van der Waals surface area (Å²) in [5.74, 6) is -0.373. The number of nitrogens with one attached hydrogen (secondary N) is 2. The number of urea groups is 1. The van der Waals surface area contributed by atoms with Crippen molar-refractivity contribution in [2.24, 2.45) is 0 Å². The fraction of sp³-hybridized carbons (Fsp3) is 0.188. The van der Waals surface area contributed by atoms with E-state index in [0.717, 1.165) is 6.42 Å². The summed E-state index contributed by atoms with van der Waals surface area (Å²) >= 11 is 0. The van der Waals surface area contributed by atoms with E-state index in [9.17, 15) is 9.18 Å². The number of aryl methyl sites for hydroxylation is 1. The first-order valence-electron chi connectivity index (χ1n) is 6.49. The fourth-order valence-corrected chi connectivity index (χ4v) is 1.82. The molecule has 104 valence electrons. The van der Waals surface area contributed by atoms with Crippen molar-refractivity contribution in [2.45, 2.75) is 13.3 Å². The van der Waals surface area contributed by atoms with Crippen LogP contribution in [0.5, 0.6) is 0 Å². The SMILES string of the molecule is Cc1ccc(CCNC(=O)Nc2cccc(F)c2)cc1. The number of carbonyl (C=O) groups excluding carboxylic acids is 1. The minimum absolute atomic E-state index is 0.331. The predicted octanol–water partition coefficient (Wildman–Crippen LogP) is 3.50. The number of anilines is 1. The van der Waals surface area contributed by atoms with Gasteiger partial charge in [0.1, 0.15) is 5.82 Å². The summed E-state index contributed by atoms with van der Waals surface area (Å²) in [5, 5.41) is 5.33. The summed E-state index contributed by atoms with van der Waals surface area (Å²) in [5.41, 5.74) is 2.82. The summed E-state index contributed by atoms with van der Waals surface area (Å²) in [7, 11) is 0. The lowest BCUT2D eigenvalue weighted by atomic mass is 10.1. The quantitative estimate of drug-likeness (QED) is 0.878. The average molecular weight is 272 g/mol. The molecule has 2 aromatic rings. The van der Waals surface area contributed by atoms with E-state index in [1.807, 2.05) is 31.2 Å². The first kappa shape index (κ1) is 14.1. The highest BCUT2D eigenvalue weighted by Gasteiger charge is 2.02. The molecule has 0 aliphatic heterocycles. The maximum Gasteiger partial charge on any atom is 0.319 e. The van der Waals surface area contributed by atoms with Gasteiger partial charge in [-0.2, -0.15) is 0 Å². The number of amides is 2. The maximum absolute atomic E-state index is 13.0. The van der Waals surface area contributed by atoms with Crippen LogP contribution in [0.3, 0.4) is 0 Å². The standard InChI is InChI=1S/C16H17FN2O/c1-12-5-7-13(8-6-12)9-10-18-16(20)19-15-4-2-3-14(17)11-15/h2-8,11H,9-10H2,1H3,(H2,18,19,20). The van der Waals surface area contributed by atoms with Crippen LogP contribution in [-0.4, -0.2) is 12.6 Å². The highest BCUT2D eigenvalue weighted by atomic mass is 19.1. The van der Waals surface area contributed by atoms with Crippen LogP contribution in [0.2, 0.25) is 0 Å². The second-order valence-corrected chi connectivity index (χ2v) is 4.63. The molecule has 0 aliphatic rings. The zero-order chi connectivity index (χ0) is 14.4. The Labute approximate surface area is 117 Å². The van der Waals surface area contributed by atoms with Gasteiger partial charge in [-0.15, -0.1) is 0 Å². The Morgan fingerprint density at radius 3 is 2.60 bits per heavy atom. The molecule has 0 radical (unpaired) electrons. The van der Waals surface area contributed by atoms with Crippen LogP contribution in [0.15, 0.2) is 48.5 Å². The third-order valence-corrected chi connectivity index (χ3v) is 2.90. The topological polar surface area (TPSA) is 41.1 Å². The molecule has 0 unspecified atom stereocenters. The van der Waals surface area contributed by atoms with Gasteiger partial charge in [0.15, 0.2) is 0 Å². The molecule has 4 heteroatoms. The molecule has 2 aromatic carbocycles. The molecule has 0 aliphatic carbocycles. The molecule has 3 nitrogen and oxygen atoms in total. The van der Waals surface area contributed by atoms with E-state index in [-0.39, 0.29) is 11.8 Å². The highest BCUT2D eigenvalue weighted by Crippen LogP contribution is 2.08. The van der Waals surface area contributed by atoms with Crippen molar-refractivity contribution in [3.05, 3.63) is 65.5 Å². The number of rotatable bonds is 4. The zero-order valence-corrected chi connectivity index (χ0v) is 11.3. The molecular formula is C16H17FN2O. The Bertz CT molecular complexity index is 581. The Morgan fingerprint density at radius 1 is 1.15 bits per heavy atom. The first-order valence-corrected chi connectivity index (χ1v) is 6.49. The Morgan fingerprint density at radius 2 is 1.90 bits per heavy atom. The number of hydrogen-bond acceptors (Lipinski definition) is 1. The van der Waals surface area contributed by atoms with E-state index < -0.39 is 0 Å². The van der Waals surface area contributed by atoms with Gasteiger partial charge in [0.2, 0.25) is 0 Å². The third-order valence-electron chi connectivity index (χ3n) is 2.90. The van der Waals surface area contributed by atoms with Crippen LogP contribution in [0.25, 0.3) is 0 Å². The molecular weight excluding hydrogens is 255 g/mol. The van der Waals surface area contributed by atoms with Crippen LogP contribution in [0, 0.1) is 12.7 Å². The van der Waals surface area contributed by atoms with E-state index in [1.165, 1.54) is 23.3 Å². The van der Waals surface area contributed by atoms with Crippen molar-refractivity contribution in [1.82, 2.24) is 5.32 Å². The largest absolute Gasteiger partial charge is 0.338 e. The van der Waals surface area contributed by atoms with Crippen molar-refractivity contribution in [3.63, 3.8) is 0 Å². The smallest absolute Gasteiger partial charge is 0.319 e. The van der Waals surface area contributed by atoms with Crippen molar-refractivity contribution in [2.75, 3.05) is 11.9 Å². The number of carbonyl (C=O) groups is 1. The summed E-state index contributed by atoms with van der Waals surface area (Å²) < 4.78 is 13.0. The summed E-state index contributed by atoms with van der Waals surface area (Å²) in [6.07, 6.45) is 0.761. The molecule has 0 saturated heterocycles. The van der Waals surface area contributed by atoms with Gasteiger partial charge >= 0.3 is 6.03 Å². The molecule has 2 rings (SSSR count). The zero-order valence-electron chi connectivity index (χ0n) is 11.3. The van der Waals surface area contributed by atoms with Gasteiger partial charge in [-0.25, -0.2) is 9.18 Å². The summed E-state index contributed by atoms with van der Waals surface area (Å²) in [4.78, 5) is 11.6. The number of benzene rings is 2. The molecule has 2 N–H and O–H groups in total.